The second-order valence-electron chi connectivity index (χ2n) is 5.45. The summed E-state index contributed by atoms with van der Waals surface area (Å²) in [5, 5.41) is 9.06. The molecule has 0 bridgehead atoms. The van der Waals surface area contributed by atoms with Crippen molar-refractivity contribution in [2.45, 2.75) is 25.8 Å². The molecule has 2 nitrogen and oxygen atoms in total. The highest BCUT2D eigenvalue weighted by Crippen LogP contribution is 2.23. The van der Waals surface area contributed by atoms with Gasteiger partial charge in [-0.1, -0.05) is 18.2 Å². The summed E-state index contributed by atoms with van der Waals surface area (Å²) in [4.78, 5) is 0. The zero-order chi connectivity index (χ0) is 14.5. The highest BCUT2D eigenvalue weighted by Gasteiger charge is 2.07. The van der Waals surface area contributed by atoms with E-state index in [0.29, 0.717) is 0 Å². The van der Waals surface area contributed by atoms with Crippen LogP contribution in [0.5, 0.6) is 0 Å². The van der Waals surface area contributed by atoms with Gasteiger partial charge in [-0.05, 0) is 66.9 Å². The lowest BCUT2D eigenvalue weighted by molar-refractivity contribution is 0.706. The first kappa shape index (κ1) is 14.4. The van der Waals surface area contributed by atoms with E-state index in [1.807, 2.05) is 7.05 Å². The molecule has 3 aromatic rings. The standard InChI is InChI=1S/C18H22N2S/c1-19-10-4-5-16-13-20(11-8-15-9-12-21-14-15)18-7-3-2-6-17(16)18/h2-3,6-7,9,12-14,19H,4-5,8,10-11H2,1H3. The second kappa shape index (κ2) is 6.92. The van der Waals surface area contributed by atoms with Gasteiger partial charge in [0.25, 0.3) is 0 Å². The van der Waals surface area contributed by atoms with E-state index in [0.717, 1.165) is 25.9 Å². The summed E-state index contributed by atoms with van der Waals surface area (Å²) >= 11 is 1.78. The smallest absolute Gasteiger partial charge is 0.0483 e. The molecule has 21 heavy (non-hydrogen) atoms. The van der Waals surface area contributed by atoms with Crippen LogP contribution in [0.25, 0.3) is 10.9 Å². The molecule has 0 fully saturated rings. The SMILES string of the molecule is CNCCCc1cn(CCc2ccsc2)c2ccccc12. The molecule has 1 aromatic carbocycles. The lowest BCUT2D eigenvalue weighted by Crippen LogP contribution is -2.08. The van der Waals surface area contributed by atoms with Gasteiger partial charge in [0.05, 0.1) is 0 Å². The molecule has 0 aliphatic rings. The molecule has 2 aromatic heterocycles. The maximum absolute atomic E-state index is 3.23. The summed E-state index contributed by atoms with van der Waals surface area (Å²) in [7, 11) is 2.02. The Balaban J connectivity index is 1.80. The number of fused-ring (bicyclic) bond motifs is 1. The molecule has 1 N–H and O–H groups in total. The Hall–Kier alpha value is -1.58. The van der Waals surface area contributed by atoms with Gasteiger partial charge < -0.3 is 9.88 Å². The zero-order valence-corrected chi connectivity index (χ0v) is 13.3. The molecule has 0 saturated carbocycles. The lowest BCUT2D eigenvalue weighted by Gasteiger charge is -2.03. The van der Waals surface area contributed by atoms with Crippen LogP contribution < -0.4 is 5.32 Å². The minimum atomic E-state index is 1.06. The van der Waals surface area contributed by atoms with Gasteiger partial charge >= 0.3 is 0 Å². The molecular weight excluding hydrogens is 276 g/mol. The molecule has 110 valence electrons. The van der Waals surface area contributed by atoms with Gasteiger partial charge in [-0.25, -0.2) is 0 Å². The Morgan fingerprint density at radius 2 is 2.05 bits per heavy atom. The van der Waals surface area contributed by atoms with Crippen molar-refractivity contribution in [3.8, 4) is 0 Å². The zero-order valence-electron chi connectivity index (χ0n) is 12.5. The molecular formula is C18H22N2S. The monoisotopic (exact) mass is 298 g/mol. The first-order valence-corrected chi connectivity index (χ1v) is 8.55. The van der Waals surface area contributed by atoms with Crippen molar-refractivity contribution in [3.05, 3.63) is 58.4 Å². The third kappa shape index (κ3) is 3.36. The number of hydrogen-bond donors (Lipinski definition) is 1. The number of nitrogens with zero attached hydrogens (tertiary/aromatic N) is 1. The Bertz CT molecular complexity index is 682. The average Bonchev–Trinajstić information content (AvgIpc) is 3.14. The van der Waals surface area contributed by atoms with Gasteiger partial charge in [0.15, 0.2) is 0 Å². The van der Waals surface area contributed by atoms with Crippen LogP contribution >= 0.6 is 11.3 Å². The molecule has 0 aliphatic carbocycles. The highest BCUT2D eigenvalue weighted by atomic mass is 32.1. The van der Waals surface area contributed by atoms with Crippen molar-refractivity contribution >= 4 is 22.2 Å². The van der Waals surface area contributed by atoms with Gasteiger partial charge in [-0.3, -0.25) is 0 Å². The summed E-state index contributed by atoms with van der Waals surface area (Å²) in [6, 6.07) is 11.0. The number of aryl methyl sites for hydroxylation is 3. The van der Waals surface area contributed by atoms with E-state index < -0.39 is 0 Å². The number of nitrogens with one attached hydrogen (secondary N) is 1. The molecule has 0 unspecified atom stereocenters. The van der Waals surface area contributed by atoms with E-state index >= 15 is 0 Å². The molecule has 0 aliphatic heterocycles. The van der Waals surface area contributed by atoms with Crippen LogP contribution in [0, 0.1) is 0 Å². The molecule has 0 amide bonds. The fourth-order valence-electron chi connectivity index (χ4n) is 2.85. The maximum atomic E-state index is 3.23. The average molecular weight is 298 g/mol. The predicted octanol–water partition coefficient (Wildman–Crippen LogP) is 4.10. The number of aromatic nitrogens is 1. The van der Waals surface area contributed by atoms with E-state index in [4.69, 9.17) is 0 Å². The summed E-state index contributed by atoms with van der Waals surface area (Å²) in [6.45, 7) is 2.14. The van der Waals surface area contributed by atoms with E-state index in [2.05, 4.69) is 57.2 Å². The van der Waals surface area contributed by atoms with Crippen LogP contribution in [0.2, 0.25) is 0 Å². The van der Waals surface area contributed by atoms with Crippen LogP contribution in [0.4, 0.5) is 0 Å². The fourth-order valence-corrected chi connectivity index (χ4v) is 3.55. The summed E-state index contributed by atoms with van der Waals surface area (Å²) < 4.78 is 2.42. The molecule has 3 heteroatoms. The molecule has 3 rings (SSSR count). The Kier molecular flexibility index (Phi) is 4.73. The fraction of sp³-hybridized carbons (Fsp3) is 0.333. The van der Waals surface area contributed by atoms with Crippen LogP contribution in [0.3, 0.4) is 0 Å². The van der Waals surface area contributed by atoms with E-state index in [1.165, 1.54) is 28.5 Å². The highest BCUT2D eigenvalue weighted by molar-refractivity contribution is 7.07. The van der Waals surface area contributed by atoms with Gasteiger partial charge in [-0.2, -0.15) is 11.3 Å². The van der Waals surface area contributed by atoms with Crippen LogP contribution in [-0.2, 0) is 19.4 Å². The van der Waals surface area contributed by atoms with Crippen molar-refractivity contribution in [2.75, 3.05) is 13.6 Å². The first-order chi connectivity index (χ1) is 10.4. The molecule has 0 radical (unpaired) electrons. The second-order valence-corrected chi connectivity index (χ2v) is 6.23. The van der Waals surface area contributed by atoms with E-state index in [-0.39, 0.29) is 0 Å². The number of benzene rings is 1. The molecule has 0 saturated heterocycles. The lowest BCUT2D eigenvalue weighted by atomic mass is 10.1. The van der Waals surface area contributed by atoms with Crippen molar-refractivity contribution in [2.24, 2.45) is 0 Å². The Morgan fingerprint density at radius 3 is 2.86 bits per heavy atom. The predicted molar refractivity (Wildman–Crippen MR) is 92.2 cm³/mol. The van der Waals surface area contributed by atoms with Crippen LogP contribution in [-0.4, -0.2) is 18.2 Å². The normalized spacial score (nSPS) is 11.3. The minimum absolute atomic E-state index is 1.06. The van der Waals surface area contributed by atoms with Crippen molar-refractivity contribution < 1.29 is 0 Å². The summed E-state index contributed by atoms with van der Waals surface area (Å²) in [5.41, 5.74) is 4.29. The Labute approximate surface area is 130 Å². The van der Waals surface area contributed by atoms with Crippen molar-refractivity contribution in [1.82, 2.24) is 9.88 Å². The number of rotatable bonds is 7. The molecule has 0 atom stereocenters. The van der Waals surface area contributed by atoms with Gasteiger partial charge in [0.1, 0.15) is 0 Å². The maximum Gasteiger partial charge on any atom is 0.0483 e. The van der Waals surface area contributed by atoms with Crippen LogP contribution in [0.15, 0.2) is 47.3 Å². The largest absolute Gasteiger partial charge is 0.347 e. The van der Waals surface area contributed by atoms with Gasteiger partial charge in [0, 0.05) is 23.6 Å². The third-order valence-electron chi connectivity index (χ3n) is 3.97. The number of hydrogen-bond acceptors (Lipinski definition) is 2. The topological polar surface area (TPSA) is 17.0 Å². The number of para-hydroxylation sites is 1. The van der Waals surface area contributed by atoms with Crippen LogP contribution in [0.1, 0.15) is 17.5 Å². The van der Waals surface area contributed by atoms with Gasteiger partial charge in [0.2, 0.25) is 0 Å². The summed E-state index contributed by atoms with van der Waals surface area (Å²) in [6.07, 6.45) is 5.80. The minimum Gasteiger partial charge on any atom is -0.347 e. The van der Waals surface area contributed by atoms with Crippen molar-refractivity contribution in [3.63, 3.8) is 0 Å². The Morgan fingerprint density at radius 1 is 1.14 bits per heavy atom. The molecule has 2 heterocycles. The van der Waals surface area contributed by atoms with E-state index in [9.17, 15) is 0 Å². The van der Waals surface area contributed by atoms with Crippen molar-refractivity contribution in [1.29, 1.82) is 0 Å². The van der Waals surface area contributed by atoms with E-state index in [1.54, 1.807) is 11.3 Å². The van der Waals surface area contributed by atoms with Gasteiger partial charge in [-0.15, -0.1) is 0 Å². The summed E-state index contributed by atoms with van der Waals surface area (Å²) in [5.74, 6) is 0. The molecule has 0 spiro atoms. The number of thiophene rings is 1. The third-order valence-corrected chi connectivity index (χ3v) is 4.70. The first-order valence-electron chi connectivity index (χ1n) is 7.61. The quantitative estimate of drug-likeness (QED) is 0.650.